The quantitative estimate of drug-likeness (QED) is 0.609. The number of nitrogens with zero attached hydrogens (tertiary/aromatic N) is 1. The van der Waals surface area contributed by atoms with Gasteiger partial charge in [0.1, 0.15) is 12.3 Å². The van der Waals surface area contributed by atoms with E-state index < -0.39 is 17.1 Å². The minimum Gasteiger partial charge on any atom is -0.497 e. The number of carbonyl (C=O) groups excluding carboxylic acids is 3. The molecule has 23 heavy (non-hydrogen) atoms. The van der Waals surface area contributed by atoms with E-state index in [2.05, 4.69) is 4.74 Å². The van der Waals surface area contributed by atoms with Gasteiger partial charge < -0.3 is 9.47 Å². The molecular weight excluding hydrogens is 318 g/mol. The number of imide groups is 1. The van der Waals surface area contributed by atoms with Gasteiger partial charge in [0.25, 0.3) is 11.1 Å². The molecule has 1 aliphatic rings. The van der Waals surface area contributed by atoms with Crippen molar-refractivity contribution in [3.8, 4) is 5.75 Å². The van der Waals surface area contributed by atoms with Gasteiger partial charge in [-0.15, -0.1) is 0 Å². The third-order valence-corrected chi connectivity index (χ3v) is 3.97. The van der Waals surface area contributed by atoms with Gasteiger partial charge in [-0.05, 0) is 35.5 Å². The van der Waals surface area contributed by atoms with Gasteiger partial charge >= 0.3 is 5.97 Å². The molecule has 1 aromatic rings. The summed E-state index contributed by atoms with van der Waals surface area (Å²) in [6.45, 7) is -0.374. The molecule has 1 saturated heterocycles. The number of esters is 1. The highest BCUT2D eigenvalue weighted by molar-refractivity contribution is 8.18. The number of methoxy groups -OCH3 is 2. The fraction of sp³-hybridized carbons (Fsp3) is 0.188. The predicted molar refractivity (Wildman–Crippen MR) is 86.8 cm³/mol. The van der Waals surface area contributed by atoms with Crippen LogP contribution < -0.4 is 4.74 Å². The van der Waals surface area contributed by atoms with Crippen LogP contribution in [0.25, 0.3) is 6.08 Å². The van der Waals surface area contributed by atoms with E-state index in [0.717, 1.165) is 28.0 Å². The molecule has 1 heterocycles. The van der Waals surface area contributed by atoms with Crippen LogP contribution in [0.1, 0.15) is 5.56 Å². The normalized spacial score (nSPS) is 16.4. The zero-order valence-corrected chi connectivity index (χ0v) is 13.5. The lowest BCUT2D eigenvalue weighted by Crippen LogP contribution is -2.34. The average molecular weight is 333 g/mol. The Morgan fingerprint density at radius 1 is 1.22 bits per heavy atom. The largest absolute Gasteiger partial charge is 0.497 e. The van der Waals surface area contributed by atoms with Crippen molar-refractivity contribution in [2.75, 3.05) is 20.8 Å². The Bertz CT molecular complexity index is 678. The van der Waals surface area contributed by atoms with Gasteiger partial charge in [-0.3, -0.25) is 19.3 Å². The molecule has 2 rings (SSSR count). The Balaban J connectivity index is 2.04. The van der Waals surface area contributed by atoms with Crippen molar-refractivity contribution in [1.29, 1.82) is 0 Å². The van der Waals surface area contributed by atoms with Gasteiger partial charge in [0.15, 0.2) is 0 Å². The molecule has 0 unspecified atom stereocenters. The summed E-state index contributed by atoms with van der Waals surface area (Å²) in [4.78, 5) is 36.1. The molecule has 0 atom stereocenters. The Morgan fingerprint density at radius 3 is 2.52 bits per heavy atom. The Hall–Kier alpha value is -2.54. The maximum absolute atomic E-state index is 12.1. The van der Waals surface area contributed by atoms with Gasteiger partial charge in [0.05, 0.1) is 19.1 Å². The molecule has 0 bridgehead atoms. The van der Waals surface area contributed by atoms with E-state index in [1.165, 1.54) is 7.11 Å². The summed E-state index contributed by atoms with van der Waals surface area (Å²) in [5.74, 6) is -0.377. The Morgan fingerprint density at radius 2 is 1.91 bits per heavy atom. The summed E-state index contributed by atoms with van der Waals surface area (Å²) in [5, 5.41) is -0.482. The fourth-order valence-corrected chi connectivity index (χ4v) is 2.60. The smallest absolute Gasteiger partial charge is 0.325 e. The molecule has 0 radical (unpaired) electrons. The molecule has 7 heteroatoms. The van der Waals surface area contributed by atoms with Crippen molar-refractivity contribution in [2.45, 2.75) is 0 Å². The van der Waals surface area contributed by atoms with Crippen molar-refractivity contribution >= 4 is 35.0 Å². The number of hydrogen-bond acceptors (Lipinski definition) is 6. The Labute approximate surface area is 137 Å². The minimum absolute atomic E-state index is 0.267. The summed E-state index contributed by atoms with van der Waals surface area (Å²) in [7, 11) is 2.80. The van der Waals surface area contributed by atoms with E-state index in [4.69, 9.17) is 4.74 Å². The van der Waals surface area contributed by atoms with Crippen LogP contribution in [-0.2, 0) is 14.3 Å². The highest BCUT2D eigenvalue weighted by atomic mass is 32.2. The number of allylic oxidation sites excluding steroid dienone is 2. The number of thioether (sulfide) groups is 1. The van der Waals surface area contributed by atoms with Crippen LogP contribution >= 0.6 is 11.8 Å². The molecule has 0 saturated carbocycles. The number of hydrogen-bond donors (Lipinski definition) is 0. The van der Waals surface area contributed by atoms with E-state index >= 15 is 0 Å². The minimum atomic E-state index is -0.637. The number of amides is 2. The molecule has 0 aromatic heterocycles. The second kappa shape index (κ2) is 7.64. The fourth-order valence-electron chi connectivity index (χ4n) is 1.81. The van der Waals surface area contributed by atoms with Crippen molar-refractivity contribution in [3.63, 3.8) is 0 Å². The van der Waals surface area contributed by atoms with Gasteiger partial charge in [-0.2, -0.15) is 0 Å². The summed E-state index contributed by atoms with van der Waals surface area (Å²) >= 11 is 0.795. The maximum atomic E-state index is 12.1. The molecule has 1 fully saturated rings. The zero-order chi connectivity index (χ0) is 16.8. The van der Waals surface area contributed by atoms with Crippen LogP contribution in [0.3, 0.4) is 0 Å². The third-order valence-electron chi connectivity index (χ3n) is 3.04. The zero-order valence-electron chi connectivity index (χ0n) is 12.6. The lowest BCUT2D eigenvalue weighted by Gasteiger charge is -2.09. The standard InChI is InChI=1S/C16H15NO5S/c1-21-12-8-6-11(7-9-12)4-3-5-13-15(19)17(16(20)23-13)10-14(18)22-2/h3-9H,10H2,1-2H3/b4-3+,13-5-. The topological polar surface area (TPSA) is 72.9 Å². The summed E-state index contributed by atoms with van der Waals surface area (Å²) < 4.78 is 9.53. The van der Waals surface area contributed by atoms with Gasteiger partial charge in [0.2, 0.25) is 0 Å². The molecule has 0 N–H and O–H groups in total. The van der Waals surface area contributed by atoms with Crippen LogP contribution in [-0.4, -0.2) is 42.8 Å². The summed E-state index contributed by atoms with van der Waals surface area (Å²) in [6, 6.07) is 7.38. The Kier molecular flexibility index (Phi) is 5.59. The van der Waals surface area contributed by atoms with Crippen molar-refractivity contribution in [2.24, 2.45) is 0 Å². The van der Waals surface area contributed by atoms with Crippen molar-refractivity contribution < 1.29 is 23.9 Å². The van der Waals surface area contributed by atoms with Crippen LogP contribution in [0, 0.1) is 0 Å². The van der Waals surface area contributed by atoms with Crippen LogP contribution in [0.2, 0.25) is 0 Å². The second-order valence-electron chi connectivity index (χ2n) is 4.50. The van der Waals surface area contributed by atoms with Gasteiger partial charge in [-0.25, -0.2) is 0 Å². The molecule has 1 aromatic carbocycles. The monoisotopic (exact) mass is 333 g/mol. The maximum Gasteiger partial charge on any atom is 0.325 e. The summed E-state index contributed by atoms with van der Waals surface area (Å²) in [6.07, 6.45) is 5.02. The first kappa shape index (κ1) is 16.8. The first-order valence-electron chi connectivity index (χ1n) is 6.68. The third kappa shape index (κ3) is 4.23. The van der Waals surface area contributed by atoms with Crippen molar-refractivity contribution in [1.82, 2.24) is 4.90 Å². The van der Waals surface area contributed by atoms with Crippen LogP contribution in [0.4, 0.5) is 4.79 Å². The van der Waals surface area contributed by atoms with E-state index in [-0.39, 0.29) is 11.4 Å². The first-order valence-corrected chi connectivity index (χ1v) is 7.49. The highest BCUT2D eigenvalue weighted by Crippen LogP contribution is 2.30. The highest BCUT2D eigenvalue weighted by Gasteiger charge is 2.36. The van der Waals surface area contributed by atoms with E-state index in [1.54, 1.807) is 25.3 Å². The molecule has 0 aliphatic carbocycles. The summed E-state index contributed by atoms with van der Waals surface area (Å²) in [5.41, 5.74) is 0.927. The lowest BCUT2D eigenvalue weighted by atomic mass is 10.2. The molecule has 6 nitrogen and oxygen atoms in total. The average Bonchev–Trinajstić information content (AvgIpc) is 2.83. The molecule has 120 valence electrons. The van der Waals surface area contributed by atoms with Crippen LogP contribution in [0.15, 0.2) is 41.3 Å². The van der Waals surface area contributed by atoms with E-state index in [9.17, 15) is 14.4 Å². The number of rotatable bonds is 5. The number of ether oxygens (including phenoxy) is 2. The van der Waals surface area contributed by atoms with E-state index in [0.29, 0.717) is 0 Å². The number of benzene rings is 1. The molecule has 2 amide bonds. The van der Waals surface area contributed by atoms with Gasteiger partial charge in [0, 0.05) is 0 Å². The predicted octanol–water partition coefficient (Wildman–Crippen LogP) is 2.46. The molecule has 0 spiro atoms. The second-order valence-corrected chi connectivity index (χ2v) is 5.49. The number of carbonyl (C=O) groups is 3. The van der Waals surface area contributed by atoms with Gasteiger partial charge in [-0.1, -0.05) is 24.3 Å². The van der Waals surface area contributed by atoms with Crippen molar-refractivity contribution in [3.05, 3.63) is 46.9 Å². The SMILES string of the molecule is COC(=O)CN1C(=O)S/C(=C\C=C\c2ccc(OC)cc2)C1=O. The van der Waals surface area contributed by atoms with Crippen LogP contribution in [0.5, 0.6) is 5.75 Å². The van der Waals surface area contributed by atoms with E-state index in [1.807, 2.05) is 24.3 Å². The molecular formula is C16H15NO5S. The first-order chi connectivity index (χ1) is 11.0. The molecule has 1 aliphatic heterocycles. The lowest BCUT2D eigenvalue weighted by molar-refractivity contribution is -0.143.